The zero-order chi connectivity index (χ0) is 25.5. The molecule has 0 radical (unpaired) electrons. The van der Waals surface area contributed by atoms with Gasteiger partial charge in [0, 0.05) is 18.0 Å². The number of para-hydroxylation sites is 1. The summed E-state index contributed by atoms with van der Waals surface area (Å²) in [5.74, 6) is -1.27. The topological polar surface area (TPSA) is 146 Å². The molecule has 1 aromatic heterocycles. The lowest BCUT2D eigenvalue weighted by Gasteiger charge is -2.34. The normalized spacial score (nSPS) is 12.4. The highest BCUT2D eigenvalue weighted by Gasteiger charge is 2.52. The van der Waals surface area contributed by atoms with Crippen molar-refractivity contribution in [3.05, 3.63) is 36.0 Å². The molecule has 0 atom stereocenters. The summed E-state index contributed by atoms with van der Waals surface area (Å²) >= 11 is 0. The zero-order valence-electron chi connectivity index (χ0n) is 20.2. The van der Waals surface area contributed by atoms with E-state index in [-0.39, 0.29) is 32.1 Å². The minimum atomic E-state index is -4.14. The fraction of sp³-hybridized carbons (Fsp3) is 0.524. The maximum Gasteiger partial charge on any atom is 0.347 e. The molecule has 0 aliphatic rings. The Hall–Kier alpha value is -2.00. The summed E-state index contributed by atoms with van der Waals surface area (Å²) in [6.07, 6.45) is 0. The molecular formula is C21H34N4O7P2. The predicted octanol–water partition coefficient (Wildman–Crippen LogP) is 4.37. The summed E-state index contributed by atoms with van der Waals surface area (Å²) in [4.78, 5) is 14.4. The van der Waals surface area contributed by atoms with Crippen molar-refractivity contribution in [3.63, 3.8) is 0 Å². The van der Waals surface area contributed by atoms with Gasteiger partial charge in [-0.2, -0.15) is 0 Å². The van der Waals surface area contributed by atoms with Gasteiger partial charge in [-0.05, 0) is 39.8 Å². The van der Waals surface area contributed by atoms with Crippen LogP contribution < -0.4 is 5.73 Å². The molecule has 2 rings (SSSR count). The number of aryl methyl sites for hydroxylation is 1. The molecule has 3 N–H and O–H groups in total. The maximum atomic E-state index is 13.8. The van der Waals surface area contributed by atoms with E-state index in [2.05, 4.69) is 0 Å². The van der Waals surface area contributed by atoms with E-state index in [0.717, 1.165) is 15.8 Å². The molecule has 1 aromatic carbocycles. The van der Waals surface area contributed by atoms with Gasteiger partial charge in [0.1, 0.15) is 5.69 Å². The summed E-state index contributed by atoms with van der Waals surface area (Å²) in [6.45, 7) is 5.86. The molecule has 13 heteroatoms. The van der Waals surface area contributed by atoms with Crippen molar-refractivity contribution in [1.29, 1.82) is 5.41 Å². The monoisotopic (exact) mass is 516 g/mol. The standard InChI is InChI=1S/C21H34N4O7P2/c1-6-29-33(27,30-7-2)19(34(28,31-8-3)32-9-4)15-25(21(22)23)20(26)18-14-16-12-10-11-13-17(16)24(18)5/h10-14,19H,6-9,15H2,1-5H3,(H3,22,23). The molecule has 0 saturated heterocycles. The van der Waals surface area contributed by atoms with Gasteiger partial charge in [-0.15, -0.1) is 0 Å². The van der Waals surface area contributed by atoms with Crippen LogP contribution in [0.1, 0.15) is 38.2 Å². The van der Waals surface area contributed by atoms with Crippen LogP contribution in [0.3, 0.4) is 0 Å². The van der Waals surface area contributed by atoms with Crippen LogP contribution in [0.4, 0.5) is 0 Å². The van der Waals surface area contributed by atoms with E-state index >= 15 is 0 Å². The maximum absolute atomic E-state index is 13.8. The van der Waals surface area contributed by atoms with Crippen molar-refractivity contribution in [3.8, 4) is 0 Å². The second-order valence-electron chi connectivity index (χ2n) is 7.18. The van der Waals surface area contributed by atoms with Crippen molar-refractivity contribution >= 4 is 38.0 Å². The molecule has 1 heterocycles. The number of nitrogens with two attached hydrogens (primary N) is 1. The third-order valence-corrected chi connectivity index (χ3v) is 11.0. The highest BCUT2D eigenvalue weighted by atomic mass is 31.2. The molecule has 0 unspecified atom stereocenters. The van der Waals surface area contributed by atoms with Crippen molar-refractivity contribution in [2.24, 2.45) is 12.8 Å². The Balaban J connectivity index is 2.60. The Morgan fingerprint density at radius 1 is 1.00 bits per heavy atom. The summed E-state index contributed by atoms with van der Waals surface area (Å²) in [5.41, 5.74) is 6.82. The summed E-state index contributed by atoms with van der Waals surface area (Å²) in [6, 6.07) is 9.05. The van der Waals surface area contributed by atoms with Gasteiger partial charge in [0.25, 0.3) is 5.91 Å². The molecule has 0 fully saturated rings. The molecule has 11 nitrogen and oxygen atoms in total. The zero-order valence-corrected chi connectivity index (χ0v) is 22.0. The number of benzene rings is 1. The van der Waals surface area contributed by atoms with Gasteiger partial charge in [0.05, 0.1) is 33.0 Å². The lowest BCUT2D eigenvalue weighted by Crippen LogP contribution is -2.46. The lowest BCUT2D eigenvalue weighted by molar-refractivity contribution is 0.0835. The van der Waals surface area contributed by atoms with Gasteiger partial charge in [-0.3, -0.25) is 24.2 Å². The van der Waals surface area contributed by atoms with Crippen LogP contribution in [0.15, 0.2) is 30.3 Å². The van der Waals surface area contributed by atoms with Crippen LogP contribution in [0, 0.1) is 5.41 Å². The van der Waals surface area contributed by atoms with E-state index in [4.69, 9.17) is 29.2 Å². The number of aromatic nitrogens is 1. The third kappa shape index (κ3) is 5.97. The number of carbonyl (C=O) groups excluding carboxylic acids is 1. The second-order valence-corrected chi connectivity index (χ2v) is 12.0. The van der Waals surface area contributed by atoms with E-state index in [1.807, 2.05) is 24.3 Å². The van der Waals surface area contributed by atoms with Gasteiger partial charge in [-0.1, -0.05) is 18.2 Å². The Morgan fingerprint density at radius 2 is 1.47 bits per heavy atom. The van der Waals surface area contributed by atoms with Crippen molar-refractivity contribution in [2.75, 3.05) is 33.0 Å². The smallest absolute Gasteiger partial charge is 0.347 e. The Labute approximate surface area is 200 Å². The molecule has 0 aliphatic heterocycles. The average molecular weight is 516 g/mol. The number of rotatable bonds is 13. The minimum absolute atomic E-state index is 0.0107. The van der Waals surface area contributed by atoms with Crippen LogP contribution >= 0.6 is 15.2 Å². The number of hydrogen-bond acceptors (Lipinski definition) is 8. The van der Waals surface area contributed by atoms with Crippen LogP contribution in [0.25, 0.3) is 10.9 Å². The number of nitrogens with one attached hydrogen (secondary N) is 1. The summed E-state index contributed by atoms with van der Waals surface area (Å²) in [5, 5.41) is 7.37. The van der Waals surface area contributed by atoms with E-state index in [0.29, 0.717) is 0 Å². The summed E-state index contributed by atoms with van der Waals surface area (Å²) in [7, 11) is -6.57. The number of hydrogen-bond donors (Lipinski definition) is 2. The first-order chi connectivity index (χ1) is 16.1. The number of nitrogens with zero attached hydrogens (tertiary/aromatic N) is 2. The molecule has 34 heavy (non-hydrogen) atoms. The van der Waals surface area contributed by atoms with Crippen LogP contribution in [-0.4, -0.2) is 59.7 Å². The van der Waals surface area contributed by atoms with Gasteiger partial charge >= 0.3 is 15.2 Å². The predicted molar refractivity (Wildman–Crippen MR) is 131 cm³/mol. The number of carbonyl (C=O) groups is 1. The molecule has 0 saturated carbocycles. The van der Waals surface area contributed by atoms with Gasteiger partial charge in [0.15, 0.2) is 11.4 Å². The highest BCUT2D eigenvalue weighted by molar-refractivity contribution is 7.72. The molecule has 190 valence electrons. The Kier molecular flexibility index (Phi) is 10.1. The highest BCUT2D eigenvalue weighted by Crippen LogP contribution is 2.70. The molecule has 1 amide bonds. The third-order valence-electron chi connectivity index (χ3n) is 5.02. The van der Waals surface area contributed by atoms with E-state index in [1.54, 1.807) is 45.4 Å². The van der Waals surface area contributed by atoms with Gasteiger partial charge in [-0.25, -0.2) is 0 Å². The fourth-order valence-electron chi connectivity index (χ4n) is 3.60. The quantitative estimate of drug-likeness (QED) is 0.227. The first-order valence-corrected chi connectivity index (χ1v) is 14.3. The van der Waals surface area contributed by atoms with E-state index < -0.39 is 39.0 Å². The summed E-state index contributed by atoms with van der Waals surface area (Å²) < 4.78 is 51.1. The molecule has 0 spiro atoms. The Bertz CT molecular complexity index is 1050. The molecule has 0 bridgehead atoms. The molecule has 0 aliphatic carbocycles. The van der Waals surface area contributed by atoms with Crippen LogP contribution in [0.5, 0.6) is 0 Å². The Morgan fingerprint density at radius 3 is 1.88 bits per heavy atom. The van der Waals surface area contributed by atoms with E-state index in [1.165, 1.54) is 0 Å². The van der Waals surface area contributed by atoms with Crippen molar-refractivity contribution in [2.45, 2.75) is 33.1 Å². The van der Waals surface area contributed by atoms with Crippen LogP contribution in [-0.2, 0) is 34.3 Å². The minimum Gasteiger partial charge on any atom is -0.370 e. The number of fused-ring (bicyclic) bond motifs is 1. The number of guanidine groups is 1. The van der Waals surface area contributed by atoms with Crippen LogP contribution in [0.2, 0.25) is 0 Å². The molecular weight excluding hydrogens is 482 g/mol. The largest absolute Gasteiger partial charge is 0.370 e. The lowest BCUT2D eigenvalue weighted by atomic mass is 10.2. The second kappa shape index (κ2) is 12.1. The van der Waals surface area contributed by atoms with Crippen molar-refractivity contribution in [1.82, 2.24) is 9.47 Å². The van der Waals surface area contributed by atoms with E-state index in [9.17, 15) is 13.9 Å². The fourth-order valence-corrected chi connectivity index (χ4v) is 8.79. The van der Waals surface area contributed by atoms with Gasteiger partial charge in [0.2, 0.25) is 0 Å². The first kappa shape index (κ1) is 28.2. The van der Waals surface area contributed by atoms with Gasteiger partial charge < -0.3 is 28.4 Å². The first-order valence-electron chi connectivity index (χ1n) is 11.1. The molecule has 2 aromatic rings. The van der Waals surface area contributed by atoms with Crippen molar-refractivity contribution < 1.29 is 32.0 Å². The number of amides is 1. The SMILES string of the molecule is CCOP(=O)(OCC)C(CN(C(=N)N)C(=O)c1cc2ccccc2n1C)P(=O)(OCC)OCC. The average Bonchev–Trinajstić information content (AvgIpc) is 3.11.